The third kappa shape index (κ3) is 6.72. The summed E-state index contributed by atoms with van der Waals surface area (Å²) in [5.74, 6) is 0. The van der Waals surface area contributed by atoms with Gasteiger partial charge in [0.15, 0.2) is 0 Å². The van der Waals surface area contributed by atoms with Crippen LogP contribution in [0.3, 0.4) is 0 Å². The van der Waals surface area contributed by atoms with Gasteiger partial charge in [-0.25, -0.2) is 0 Å². The van der Waals surface area contributed by atoms with Crippen molar-refractivity contribution in [3.05, 3.63) is 43.1 Å². The molecule has 0 radical (unpaired) electrons. The van der Waals surface area contributed by atoms with Gasteiger partial charge in [0.2, 0.25) is 0 Å². The molecule has 0 aliphatic carbocycles. The largest absolute Gasteiger partial charge is 0.158 e. The Morgan fingerprint density at radius 1 is 0.733 bits per heavy atom. The molecule has 0 unspecified atom stereocenters. The molecule has 3 heterocycles. The number of aromatic nitrogens is 2. The lowest BCUT2D eigenvalue weighted by Gasteiger charge is -2.07. The van der Waals surface area contributed by atoms with Crippen LogP contribution >= 0.6 is 54.5 Å². The first-order valence-electron chi connectivity index (χ1n) is 11.0. The van der Waals surface area contributed by atoms with Crippen LogP contribution in [0, 0.1) is 0 Å². The fourth-order valence-corrected chi connectivity index (χ4v) is 7.04. The molecule has 0 spiro atoms. The number of aryl methyl sites for hydroxylation is 2. The normalized spacial score (nSPS) is 11.3. The third-order valence-corrected chi connectivity index (χ3v) is 8.74. The van der Waals surface area contributed by atoms with E-state index in [1.54, 1.807) is 22.7 Å². The Bertz CT molecular complexity index is 862. The van der Waals surface area contributed by atoms with E-state index in [4.69, 9.17) is 0 Å². The Morgan fingerprint density at radius 3 is 1.90 bits per heavy atom. The highest BCUT2D eigenvalue weighted by molar-refractivity contribution is 9.11. The Kier molecular flexibility index (Phi) is 10.0. The highest BCUT2D eigenvalue weighted by Crippen LogP contribution is 2.40. The molecule has 3 aromatic rings. The van der Waals surface area contributed by atoms with Crippen LogP contribution in [0.2, 0.25) is 0 Å². The maximum Gasteiger partial charge on any atom is 0.104 e. The molecule has 0 N–H and O–H groups in total. The summed E-state index contributed by atoms with van der Waals surface area (Å²) in [6.45, 7) is 4.52. The van der Waals surface area contributed by atoms with Gasteiger partial charge in [-0.05, 0) is 86.9 Å². The van der Waals surface area contributed by atoms with Crippen molar-refractivity contribution in [1.82, 2.24) is 10.2 Å². The third-order valence-electron chi connectivity index (χ3n) is 5.31. The second kappa shape index (κ2) is 12.5. The van der Waals surface area contributed by atoms with E-state index in [0.29, 0.717) is 0 Å². The zero-order valence-corrected chi connectivity index (χ0v) is 22.7. The molecule has 0 aromatic carbocycles. The van der Waals surface area contributed by atoms with E-state index >= 15 is 0 Å². The summed E-state index contributed by atoms with van der Waals surface area (Å²) in [5, 5.41) is 8.90. The number of halogens is 2. The van der Waals surface area contributed by atoms with Crippen molar-refractivity contribution < 1.29 is 0 Å². The van der Waals surface area contributed by atoms with Gasteiger partial charge >= 0.3 is 0 Å². The molecular weight excluding hydrogens is 540 g/mol. The zero-order valence-electron chi connectivity index (χ0n) is 17.8. The van der Waals surface area contributed by atoms with Crippen molar-refractivity contribution in [3.63, 3.8) is 0 Å². The molecule has 3 rings (SSSR count). The van der Waals surface area contributed by atoms with Gasteiger partial charge in [0, 0.05) is 10.4 Å². The van der Waals surface area contributed by atoms with E-state index < -0.39 is 0 Å². The van der Waals surface area contributed by atoms with Crippen molar-refractivity contribution in [1.29, 1.82) is 0 Å². The second-order valence-electron chi connectivity index (χ2n) is 7.76. The van der Waals surface area contributed by atoms with Gasteiger partial charge in [-0.3, -0.25) is 0 Å². The minimum absolute atomic E-state index is 0.996. The van der Waals surface area contributed by atoms with E-state index in [1.165, 1.54) is 85.4 Å². The van der Waals surface area contributed by atoms with Crippen molar-refractivity contribution in [2.24, 2.45) is 0 Å². The van der Waals surface area contributed by atoms with Gasteiger partial charge in [0.05, 0.1) is 18.6 Å². The molecule has 0 aliphatic rings. The predicted octanol–water partition coefficient (Wildman–Crippen LogP) is 9.70. The maximum atomic E-state index is 4.51. The second-order valence-corrected chi connectivity index (χ2v) is 12.6. The summed E-state index contributed by atoms with van der Waals surface area (Å²) in [6.07, 6.45) is 14.4. The summed E-state index contributed by atoms with van der Waals surface area (Å²) in [5.41, 5.74) is 4.99. The minimum Gasteiger partial charge on any atom is -0.158 e. The summed E-state index contributed by atoms with van der Waals surface area (Å²) in [6, 6.07) is 6.78. The van der Waals surface area contributed by atoms with Crippen LogP contribution < -0.4 is 0 Å². The Morgan fingerprint density at radius 2 is 1.30 bits per heavy atom. The van der Waals surface area contributed by atoms with Crippen molar-refractivity contribution in [2.75, 3.05) is 0 Å². The highest BCUT2D eigenvalue weighted by Gasteiger charge is 2.16. The van der Waals surface area contributed by atoms with Crippen LogP contribution in [0.4, 0.5) is 0 Å². The summed E-state index contributed by atoms with van der Waals surface area (Å²) < 4.78 is 2.36. The van der Waals surface area contributed by atoms with Gasteiger partial charge in [-0.15, -0.1) is 27.8 Å². The topological polar surface area (TPSA) is 25.8 Å². The van der Waals surface area contributed by atoms with Crippen molar-refractivity contribution in [3.8, 4) is 21.0 Å². The molecule has 0 saturated carbocycles. The monoisotopic (exact) mass is 568 g/mol. The first-order valence-corrected chi connectivity index (χ1v) is 14.2. The summed E-state index contributed by atoms with van der Waals surface area (Å²) in [7, 11) is 0. The Labute approximate surface area is 205 Å². The van der Waals surface area contributed by atoms with E-state index in [1.807, 2.05) is 6.20 Å². The number of rotatable bonds is 12. The molecule has 162 valence electrons. The van der Waals surface area contributed by atoms with Crippen LogP contribution in [-0.2, 0) is 12.8 Å². The Hall–Kier alpha value is -0.560. The average molecular weight is 570 g/mol. The molecule has 0 atom stereocenters. The van der Waals surface area contributed by atoms with Gasteiger partial charge in [0.1, 0.15) is 5.69 Å². The van der Waals surface area contributed by atoms with Gasteiger partial charge < -0.3 is 0 Å². The zero-order chi connectivity index (χ0) is 21.3. The summed E-state index contributed by atoms with van der Waals surface area (Å²) in [4.78, 5) is 2.59. The molecule has 3 aromatic heterocycles. The number of hydrogen-bond acceptors (Lipinski definition) is 4. The van der Waals surface area contributed by atoms with Crippen LogP contribution in [0.15, 0.2) is 32.0 Å². The van der Waals surface area contributed by atoms with Gasteiger partial charge in [0.25, 0.3) is 0 Å². The van der Waals surface area contributed by atoms with Crippen LogP contribution in [-0.4, -0.2) is 10.2 Å². The molecule has 2 nitrogen and oxygen atoms in total. The lowest BCUT2D eigenvalue weighted by atomic mass is 10.0. The lowest BCUT2D eigenvalue weighted by Crippen LogP contribution is -1.92. The van der Waals surface area contributed by atoms with Crippen molar-refractivity contribution >= 4 is 54.5 Å². The molecule has 0 fully saturated rings. The van der Waals surface area contributed by atoms with E-state index in [-0.39, 0.29) is 0 Å². The molecule has 0 bridgehead atoms. The predicted molar refractivity (Wildman–Crippen MR) is 140 cm³/mol. The first kappa shape index (κ1) is 24.1. The van der Waals surface area contributed by atoms with E-state index in [2.05, 4.69) is 74.1 Å². The summed E-state index contributed by atoms with van der Waals surface area (Å²) >= 11 is 11.0. The average Bonchev–Trinajstić information content (AvgIpc) is 3.31. The molecular formula is C24H30Br2N2S2. The number of nitrogens with zero attached hydrogens (tertiary/aromatic N) is 2. The standard InChI is InChI=1S/C24H30Br2N2S2/c1-3-5-7-9-11-17-14-21(25)29-23(17)19-13-20(28-27-16-19)24-18(15-22(26)30-24)12-10-8-6-4-2/h13-16H,3-12H2,1-2H3. The minimum atomic E-state index is 0.996. The lowest BCUT2D eigenvalue weighted by molar-refractivity contribution is 0.667. The number of hydrogen-bond donors (Lipinski definition) is 0. The first-order chi connectivity index (χ1) is 14.6. The number of thiophene rings is 2. The van der Waals surface area contributed by atoms with Crippen LogP contribution in [0.1, 0.15) is 76.3 Å². The fourth-order valence-electron chi connectivity index (χ4n) is 3.71. The van der Waals surface area contributed by atoms with Gasteiger partial charge in [-0.1, -0.05) is 52.4 Å². The fraction of sp³-hybridized carbons (Fsp3) is 0.500. The molecule has 0 saturated heterocycles. The number of unbranched alkanes of at least 4 members (excludes halogenated alkanes) is 6. The SMILES string of the molecule is CCCCCCc1cc(Br)sc1-c1cnnc(-c2sc(Br)cc2CCCCCC)c1. The van der Waals surface area contributed by atoms with Crippen LogP contribution in [0.5, 0.6) is 0 Å². The smallest absolute Gasteiger partial charge is 0.104 e. The van der Waals surface area contributed by atoms with Crippen molar-refractivity contribution in [2.45, 2.75) is 78.1 Å². The molecule has 0 aliphatic heterocycles. The highest BCUT2D eigenvalue weighted by atomic mass is 79.9. The molecule has 30 heavy (non-hydrogen) atoms. The maximum absolute atomic E-state index is 4.51. The van der Waals surface area contributed by atoms with Crippen LogP contribution in [0.25, 0.3) is 21.0 Å². The Balaban J connectivity index is 1.82. The van der Waals surface area contributed by atoms with Gasteiger partial charge in [-0.2, -0.15) is 5.10 Å². The van der Waals surface area contributed by atoms with E-state index in [9.17, 15) is 0 Å². The van der Waals surface area contributed by atoms with E-state index in [0.717, 1.165) is 18.5 Å². The molecule has 0 amide bonds. The molecule has 6 heteroatoms. The quantitative estimate of drug-likeness (QED) is 0.203.